The van der Waals surface area contributed by atoms with Gasteiger partial charge in [0.25, 0.3) is 0 Å². The Balaban J connectivity index is 2.05. The van der Waals surface area contributed by atoms with Crippen LogP contribution in [0.5, 0.6) is 5.75 Å². The Bertz CT molecular complexity index is 1720. The summed E-state index contributed by atoms with van der Waals surface area (Å²) in [5.41, 5.74) is -2.14. The molecule has 4 rings (SSSR count). The quantitative estimate of drug-likeness (QED) is 0.155. The summed E-state index contributed by atoms with van der Waals surface area (Å²) in [4.78, 5) is 28.2. The van der Waals surface area contributed by atoms with E-state index in [2.05, 4.69) is 18.0 Å². The molecule has 4 unspecified atom stereocenters. The first-order valence-electron chi connectivity index (χ1n) is 15.1. The number of aromatic carboxylic acids is 1. The molecule has 0 bridgehead atoms. The first-order chi connectivity index (χ1) is 22.2. The molecular formula is C36H37Cl2F2N3O4. The predicted octanol–water partition coefficient (Wildman–Crippen LogP) is 8.62. The van der Waals surface area contributed by atoms with Crippen molar-refractivity contribution in [2.45, 2.75) is 63.5 Å². The number of amides is 1. The molecule has 1 amide bonds. The van der Waals surface area contributed by atoms with Crippen LogP contribution in [0.1, 0.15) is 67.4 Å². The number of likely N-dealkylation sites (tertiary alicyclic amines) is 1. The van der Waals surface area contributed by atoms with Crippen molar-refractivity contribution in [3.05, 3.63) is 106 Å². The summed E-state index contributed by atoms with van der Waals surface area (Å²) >= 11 is 12.5. The fourth-order valence-corrected chi connectivity index (χ4v) is 7.03. The molecule has 1 saturated heterocycles. The topological polar surface area (TPSA) is 103 Å². The fourth-order valence-electron chi connectivity index (χ4n) is 6.69. The molecule has 248 valence electrons. The number of carboxylic acid groups (broad SMARTS) is 1. The second-order valence-corrected chi connectivity index (χ2v) is 13.7. The lowest BCUT2D eigenvalue weighted by atomic mass is 9.62. The number of methoxy groups -OCH3 is 1. The minimum absolute atomic E-state index is 0.0143. The van der Waals surface area contributed by atoms with Gasteiger partial charge in [0.15, 0.2) is 0 Å². The maximum Gasteiger partial charge on any atom is 0.339 e. The average molecular weight is 685 g/mol. The van der Waals surface area contributed by atoms with Crippen molar-refractivity contribution in [2.75, 3.05) is 19.0 Å². The number of hydrogen-bond donors (Lipinski definition) is 2. The molecule has 4 atom stereocenters. The van der Waals surface area contributed by atoms with Crippen LogP contribution in [0, 0.1) is 28.4 Å². The number of rotatable bonds is 11. The molecule has 2 N–H and O–H groups in total. The van der Waals surface area contributed by atoms with E-state index in [4.69, 9.17) is 27.9 Å². The van der Waals surface area contributed by atoms with E-state index >= 15 is 8.78 Å². The summed E-state index contributed by atoms with van der Waals surface area (Å²) in [5.74, 6) is -4.63. The number of carboxylic acids is 1. The van der Waals surface area contributed by atoms with Crippen molar-refractivity contribution >= 4 is 40.8 Å². The summed E-state index contributed by atoms with van der Waals surface area (Å²) in [7, 11) is 1.31. The Labute approximate surface area is 283 Å². The van der Waals surface area contributed by atoms with Crippen LogP contribution in [0.25, 0.3) is 0 Å². The molecule has 1 heterocycles. The van der Waals surface area contributed by atoms with E-state index in [1.807, 2.05) is 25.7 Å². The molecule has 1 aliphatic rings. The highest BCUT2D eigenvalue weighted by Gasteiger charge is 2.64. The largest absolute Gasteiger partial charge is 0.496 e. The summed E-state index contributed by atoms with van der Waals surface area (Å²) in [6.07, 6.45) is 3.21. The van der Waals surface area contributed by atoms with Crippen molar-refractivity contribution in [3.8, 4) is 11.8 Å². The van der Waals surface area contributed by atoms with Crippen LogP contribution in [0.2, 0.25) is 10.0 Å². The van der Waals surface area contributed by atoms with Crippen molar-refractivity contribution in [1.29, 1.82) is 5.26 Å². The van der Waals surface area contributed by atoms with Gasteiger partial charge in [0.1, 0.15) is 28.4 Å². The predicted molar refractivity (Wildman–Crippen MR) is 179 cm³/mol. The summed E-state index contributed by atoms with van der Waals surface area (Å²) < 4.78 is 37.6. The van der Waals surface area contributed by atoms with Gasteiger partial charge in [0.2, 0.25) is 5.91 Å². The highest BCUT2D eigenvalue weighted by atomic mass is 35.5. The number of nitrogens with zero attached hydrogens (tertiary/aromatic N) is 2. The van der Waals surface area contributed by atoms with E-state index < -0.39 is 52.3 Å². The molecule has 0 radical (unpaired) electrons. The van der Waals surface area contributed by atoms with Crippen LogP contribution >= 0.6 is 23.2 Å². The molecule has 3 aromatic rings. The normalized spacial score (nSPS) is 21.2. The Morgan fingerprint density at radius 3 is 2.49 bits per heavy atom. The van der Waals surface area contributed by atoms with Gasteiger partial charge in [0, 0.05) is 34.3 Å². The number of anilines is 1. The lowest BCUT2D eigenvalue weighted by Crippen LogP contribution is -2.48. The van der Waals surface area contributed by atoms with Crippen LogP contribution < -0.4 is 10.1 Å². The van der Waals surface area contributed by atoms with E-state index in [0.29, 0.717) is 25.8 Å². The summed E-state index contributed by atoms with van der Waals surface area (Å²) in [5, 5.41) is 23.6. The SMILES string of the molecule is C=CCCCN1C(C(=O)Nc2ccc(C(=O)O)c(OC)c2)C(c2cccc(Cl)c2F)C(C#N)(c2ccc(Cl)cc2F)C1CC(C)(C)C. The van der Waals surface area contributed by atoms with Gasteiger partial charge in [-0.25, -0.2) is 13.6 Å². The van der Waals surface area contributed by atoms with Crippen molar-refractivity contribution in [3.63, 3.8) is 0 Å². The molecule has 7 nitrogen and oxygen atoms in total. The molecule has 1 aliphatic heterocycles. The first kappa shape index (κ1) is 35.9. The van der Waals surface area contributed by atoms with Gasteiger partial charge in [0.05, 0.1) is 24.2 Å². The second-order valence-electron chi connectivity index (χ2n) is 12.8. The van der Waals surface area contributed by atoms with E-state index in [0.717, 1.165) is 6.07 Å². The van der Waals surface area contributed by atoms with E-state index in [9.17, 15) is 20.0 Å². The molecule has 47 heavy (non-hydrogen) atoms. The lowest BCUT2D eigenvalue weighted by molar-refractivity contribution is -0.121. The monoisotopic (exact) mass is 683 g/mol. The maximum atomic E-state index is 16.2. The smallest absolute Gasteiger partial charge is 0.339 e. The number of unbranched alkanes of at least 4 members (excludes halogenated alkanes) is 1. The number of carbonyl (C=O) groups is 2. The molecule has 0 aliphatic carbocycles. The second kappa shape index (κ2) is 14.4. The van der Waals surface area contributed by atoms with Crippen molar-refractivity contribution in [1.82, 2.24) is 4.90 Å². The zero-order valence-electron chi connectivity index (χ0n) is 26.6. The van der Waals surface area contributed by atoms with Gasteiger partial charge in [-0.3, -0.25) is 9.69 Å². The number of nitriles is 1. The highest BCUT2D eigenvalue weighted by molar-refractivity contribution is 6.31. The number of benzene rings is 3. The van der Waals surface area contributed by atoms with Crippen LogP contribution in [-0.4, -0.2) is 47.6 Å². The minimum Gasteiger partial charge on any atom is -0.496 e. The first-order valence-corrected chi connectivity index (χ1v) is 15.8. The number of allylic oxidation sites excluding steroid dienone is 1. The summed E-state index contributed by atoms with van der Waals surface area (Å²) in [6.45, 7) is 10.1. The molecule has 0 saturated carbocycles. The fraction of sp³-hybridized carbons (Fsp3) is 0.361. The zero-order valence-corrected chi connectivity index (χ0v) is 28.1. The third-order valence-electron chi connectivity index (χ3n) is 8.57. The third kappa shape index (κ3) is 7.15. The Morgan fingerprint density at radius 1 is 1.17 bits per heavy atom. The standard InChI is InChI=1S/C36H37Cl2F2N3O4/c1-6-7-8-16-43-29(19-35(2,3)4)36(20-41,25-15-12-21(37)17-27(25)39)30(24-10-9-11-26(38)31(24)40)32(43)33(44)42-22-13-14-23(34(45)46)28(18-22)47-5/h6,9-15,17-18,29-30,32H,1,7-8,16,19H2,2-5H3,(H,42,44)(H,45,46). The molecule has 1 fully saturated rings. The minimum atomic E-state index is -1.80. The summed E-state index contributed by atoms with van der Waals surface area (Å²) in [6, 6.07) is 12.9. The number of halogens is 4. The van der Waals surface area contributed by atoms with Crippen molar-refractivity contribution < 1.29 is 28.2 Å². The molecular weight excluding hydrogens is 647 g/mol. The number of carbonyl (C=O) groups excluding carboxylic acids is 1. The van der Waals surface area contributed by atoms with Crippen LogP contribution in [0.15, 0.2) is 67.3 Å². The molecule has 11 heteroatoms. The van der Waals surface area contributed by atoms with E-state index in [-0.39, 0.29) is 38.2 Å². The van der Waals surface area contributed by atoms with Gasteiger partial charge < -0.3 is 15.2 Å². The van der Waals surface area contributed by atoms with E-state index in [1.54, 1.807) is 6.08 Å². The Hall–Kier alpha value is -3.97. The maximum absolute atomic E-state index is 16.2. The van der Waals surface area contributed by atoms with Gasteiger partial charge >= 0.3 is 5.97 Å². The van der Waals surface area contributed by atoms with Crippen molar-refractivity contribution in [2.24, 2.45) is 5.41 Å². The molecule has 0 spiro atoms. The zero-order chi connectivity index (χ0) is 34.7. The number of hydrogen-bond acceptors (Lipinski definition) is 5. The third-order valence-corrected chi connectivity index (χ3v) is 9.09. The Morgan fingerprint density at radius 2 is 1.89 bits per heavy atom. The molecule has 0 aromatic heterocycles. The van der Waals surface area contributed by atoms with Crippen LogP contribution in [0.3, 0.4) is 0 Å². The van der Waals surface area contributed by atoms with Gasteiger partial charge in [-0.05, 0) is 67.1 Å². The number of nitrogens with one attached hydrogen (secondary N) is 1. The van der Waals surface area contributed by atoms with Gasteiger partial charge in [-0.2, -0.15) is 5.26 Å². The van der Waals surface area contributed by atoms with Crippen LogP contribution in [-0.2, 0) is 10.2 Å². The number of ether oxygens (including phenoxy) is 1. The Kier molecular flexibility index (Phi) is 11.0. The average Bonchev–Trinajstić information content (AvgIpc) is 3.26. The van der Waals surface area contributed by atoms with Crippen LogP contribution in [0.4, 0.5) is 14.5 Å². The lowest BCUT2D eigenvalue weighted by Gasteiger charge is -2.39. The molecule has 3 aromatic carbocycles. The van der Waals surface area contributed by atoms with E-state index in [1.165, 1.54) is 55.6 Å². The van der Waals surface area contributed by atoms with Gasteiger partial charge in [-0.1, -0.05) is 68.2 Å². The highest BCUT2D eigenvalue weighted by Crippen LogP contribution is 2.57. The van der Waals surface area contributed by atoms with Gasteiger partial charge in [-0.15, -0.1) is 6.58 Å².